The highest BCUT2D eigenvalue weighted by Crippen LogP contribution is 2.31. The molecule has 0 unspecified atom stereocenters. The number of hydrogen-bond donors (Lipinski definition) is 1. The number of para-hydroxylation sites is 1. The quantitative estimate of drug-likeness (QED) is 0.831. The van der Waals surface area contributed by atoms with E-state index in [1.807, 2.05) is 0 Å². The van der Waals surface area contributed by atoms with Gasteiger partial charge in [-0.2, -0.15) is 8.78 Å². The second-order valence-electron chi connectivity index (χ2n) is 3.20. The van der Waals surface area contributed by atoms with E-state index in [2.05, 4.69) is 5.32 Å². The van der Waals surface area contributed by atoms with Gasteiger partial charge in [-0.15, -0.1) is 0 Å². The number of nitrogens with one attached hydrogen (secondary N) is 1. The van der Waals surface area contributed by atoms with Gasteiger partial charge in [0.05, 0.1) is 5.69 Å². The zero-order valence-electron chi connectivity index (χ0n) is 8.91. The van der Waals surface area contributed by atoms with Crippen LogP contribution >= 0.6 is 11.8 Å². The molecule has 0 saturated heterocycles. The van der Waals surface area contributed by atoms with Gasteiger partial charge >= 0.3 is 6.03 Å². The van der Waals surface area contributed by atoms with Crippen molar-refractivity contribution < 1.29 is 13.6 Å². The second kappa shape index (κ2) is 5.69. The lowest BCUT2D eigenvalue weighted by molar-refractivity contribution is 0.230. The molecule has 0 fully saturated rings. The van der Waals surface area contributed by atoms with Crippen LogP contribution in [0.4, 0.5) is 19.3 Å². The van der Waals surface area contributed by atoms with Gasteiger partial charge < -0.3 is 10.2 Å². The summed E-state index contributed by atoms with van der Waals surface area (Å²) in [5, 5.41) is 2.55. The average Bonchev–Trinajstić information content (AvgIpc) is 2.20. The molecule has 0 spiro atoms. The molecule has 2 amide bonds. The van der Waals surface area contributed by atoms with Crippen LogP contribution in [0.5, 0.6) is 0 Å². The van der Waals surface area contributed by atoms with E-state index in [0.29, 0.717) is 22.3 Å². The number of hydrogen-bond acceptors (Lipinski definition) is 2. The number of rotatable bonds is 3. The number of benzene rings is 1. The Morgan fingerprint density at radius 2 is 2.00 bits per heavy atom. The normalized spacial score (nSPS) is 10.3. The summed E-state index contributed by atoms with van der Waals surface area (Å²) < 4.78 is 24.5. The highest BCUT2D eigenvalue weighted by Gasteiger charge is 2.12. The maximum atomic E-state index is 12.2. The van der Waals surface area contributed by atoms with Crippen molar-refractivity contribution in [2.75, 3.05) is 19.4 Å². The van der Waals surface area contributed by atoms with Gasteiger partial charge in [0.25, 0.3) is 5.76 Å². The molecule has 0 heterocycles. The Morgan fingerprint density at radius 1 is 1.38 bits per heavy atom. The fourth-order valence-corrected chi connectivity index (χ4v) is 1.59. The fraction of sp³-hybridized carbons (Fsp3) is 0.300. The molecule has 1 N–H and O–H groups in total. The SMILES string of the molecule is CN(C)C(=O)Nc1ccccc1SC(F)F. The van der Waals surface area contributed by atoms with E-state index in [1.165, 1.54) is 4.90 Å². The van der Waals surface area contributed by atoms with Crippen LogP contribution in [0.25, 0.3) is 0 Å². The van der Waals surface area contributed by atoms with Crippen LogP contribution in [0.2, 0.25) is 0 Å². The monoisotopic (exact) mass is 246 g/mol. The number of anilines is 1. The Morgan fingerprint density at radius 3 is 2.56 bits per heavy atom. The Labute approximate surface area is 96.8 Å². The summed E-state index contributed by atoms with van der Waals surface area (Å²) in [4.78, 5) is 13.1. The van der Waals surface area contributed by atoms with Crippen LogP contribution in [0.1, 0.15) is 0 Å². The number of alkyl halides is 2. The van der Waals surface area contributed by atoms with Crippen molar-refractivity contribution in [2.45, 2.75) is 10.7 Å². The summed E-state index contributed by atoms with van der Waals surface area (Å²) in [5.74, 6) is -2.50. The molecule has 0 aromatic heterocycles. The lowest BCUT2D eigenvalue weighted by atomic mass is 10.3. The van der Waals surface area contributed by atoms with Crippen LogP contribution in [0.3, 0.4) is 0 Å². The summed E-state index contributed by atoms with van der Waals surface area (Å²) in [7, 11) is 3.16. The predicted molar refractivity (Wildman–Crippen MR) is 61.0 cm³/mol. The molecule has 1 aromatic carbocycles. The third kappa shape index (κ3) is 3.69. The molecule has 1 rings (SSSR count). The zero-order chi connectivity index (χ0) is 12.1. The molecule has 0 aliphatic rings. The van der Waals surface area contributed by atoms with Gasteiger partial charge in [-0.05, 0) is 12.1 Å². The highest BCUT2D eigenvalue weighted by molar-refractivity contribution is 7.99. The molecule has 0 aliphatic heterocycles. The number of amides is 2. The van der Waals surface area contributed by atoms with Gasteiger partial charge in [-0.3, -0.25) is 0 Å². The van der Waals surface area contributed by atoms with Crippen molar-refractivity contribution in [3.63, 3.8) is 0 Å². The molecule has 88 valence electrons. The Bertz CT molecular complexity index is 372. The number of urea groups is 1. The van der Waals surface area contributed by atoms with Crippen LogP contribution in [-0.2, 0) is 0 Å². The molecule has 6 heteroatoms. The van der Waals surface area contributed by atoms with Crippen molar-refractivity contribution in [3.05, 3.63) is 24.3 Å². The first-order valence-electron chi connectivity index (χ1n) is 4.53. The van der Waals surface area contributed by atoms with E-state index in [0.717, 1.165) is 0 Å². The van der Waals surface area contributed by atoms with Gasteiger partial charge in [0, 0.05) is 19.0 Å². The molecule has 0 saturated carbocycles. The first-order valence-corrected chi connectivity index (χ1v) is 5.41. The summed E-state index contributed by atoms with van der Waals surface area (Å²) >= 11 is 0.412. The molecular formula is C10H12F2N2OS. The van der Waals surface area contributed by atoms with Gasteiger partial charge in [0.2, 0.25) is 0 Å². The molecule has 0 atom stereocenters. The fourth-order valence-electron chi connectivity index (χ4n) is 0.996. The number of carbonyl (C=O) groups excluding carboxylic acids is 1. The molecule has 0 aliphatic carbocycles. The largest absolute Gasteiger partial charge is 0.331 e. The minimum Gasteiger partial charge on any atom is -0.331 e. The maximum Gasteiger partial charge on any atom is 0.321 e. The first-order chi connectivity index (χ1) is 7.50. The summed E-state index contributed by atoms with van der Waals surface area (Å²) in [5.41, 5.74) is 0.395. The van der Waals surface area contributed by atoms with Crippen LogP contribution < -0.4 is 5.32 Å². The highest BCUT2D eigenvalue weighted by atomic mass is 32.2. The summed E-state index contributed by atoms with van der Waals surface area (Å²) in [6.45, 7) is 0. The van der Waals surface area contributed by atoms with Gasteiger partial charge in [0.1, 0.15) is 0 Å². The first kappa shape index (κ1) is 12.8. The van der Waals surface area contributed by atoms with Crippen LogP contribution in [0.15, 0.2) is 29.2 Å². The summed E-state index contributed by atoms with van der Waals surface area (Å²) in [6, 6.07) is 6.12. The summed E-state index contributed by atoms with van der Waals surface area (Å²) in [6.07, 6.45) is 0. The maximum absolute atomic E-state index is 12.2. The zero-order valence-corrected chi connectivity index (χ0v) is 9.72. The van der Waals surface area contributed by atoms with E-state index in [-0.39, 0.29) is 6.03 Å². The van der Waals surface area contributed by atoms with Crippen molar-refractivity contribution >= 4 is 23.5 Å². The Hall–Kier alpha value is -1.30. The number of carbonyl (C=O) groups is 1. The van der Waals surface area contributed by atoms with Gasteiger partial charge in [-0.25, -0.2) is 4.79 Å². The van der Waals surface area contributed by atoms with Crippen molar-refractivity contribution in [3.8, 4) is 0 Å². The third-order valence-corrected chi connectivity index (χ3v) is 2.54. The third-order valence-electron chi connectivity index (χ3n) is 1.75. The van der Waals surface area contributed by atoms with Crippen molar-refractivity contribution in [2.24, 2.45) is 0 Å². The van der Waals surface area contributed by atoms with E-state index in [4.69, 9.17) is 0 Å². The van der Waals surface area contributed by atoms with Gasteiger partial charge in [-0.1, -0.05) is 23.9 Å². The van der Waals surface area contributed by atoms with E-state index >= 15 is 0 Å². The molecule has 3 nitrogen and oxygen atoms in total. The van der Waals surface area contributed by atoms with Gasteiger partial charge in [0.15, 0.2) is 0 Å². The topological polar surface area (TPSA) is 32.3 Å². The average molecular weight is 246 g/mol. The predicted octanol–water partition coefficient (Wildman–Crippen LogP) is 3.09. The van der Waals surface area contributed by atoms with E-state index in [9.17, 15) is 13.6 Å². The number of nitrogens with zero attached hydrogens (tertiary/aromatic N) is 1. The number of thioether (sulfide) groups is 1. The minimum absolute atomic E-state index is 0.345. The van der Waals surface area contributed by atoms with E-state index < -0.39 is 5.76 Å². The Kier molecular flexibility index (Phi) is 4.54. The minimum atomic E-state index is -2.50. The molecule has 1 aromatic rings. The standard InChI is InChI=1S/C10H12F2N2OS/c1-14(2)10(15)13-7-5-3-4-6-8(7)16-9(11)12/h3-6,9H,1-2H3,(H,13,15). The Balaban J connectivity index is 2.82. The lowest BCUT2D eigenvalue weighted by Crippen LogP contribution is -2.27. The second-order valence-corrected chi connectivity index (χ2v) is 4.23. The van der Waals surface area contributed by atoms with Crippen LogP contribution in [0, 0.1) is 0 Å². The van der Waals surface area contributed by atoms with E-state index in [1.54, 1.807) is 38.4 Å². The molecule has 0 bridgehead atoms. The lowest BCUT2D eigenvalue weighted by Gasteiger charge is -2.14. The smallest absolute Gasteiger partial charge is 0.321 e. The molecule has 0 radical (unpaired) electrons. The molecular weight excluding hydrogens is 234 g/mol. The van der Waals surface area contributed by atoms with Crippen molar-refractivity contribution in [1.29, 1.82) is 0 Å². The molecule has 16 heavy (non-hydrogen) atoms. The van der Waals surface area contributed by atoms with Crippen LogP contribution in [-0.4, -0.2) is 30.8 Å². The number of halogens is 2. The van der Waals surface area contributed by atoms with Crippen molar-refractivity contribution in [1.82, 2.24) is 4.90 Å².